The summed E-state index contributed by atoms with van der Waals surface area (Å²) in [4.78, 5) is 4.67. The topological polar surface area (TPSA) is 32.5 Å². The van der Waals surface area contributed by atoms with E-state index in [1.807, 2.05) is 6.08 Å². The second-order valence-electron chi connectivity index (χ2n) is 5.31. The van der Waals surface area contributed by atoms with Gasteiger partial charge in [-0.25, -0.2) is 4.39 Å². The van der Waals surface area contributed by atoms with Crippen LogP contribution in [-0.2, 0) is 0 Å². The molecule has 0 saturated carbocycles. The zero-order chi connectivity index (χ0) is 14.5. The number of hydrogen-bond acceptors (Lipinski definition) is 3. The second-order valence-corrected chi connectivity index (χ2v) is 5.31. The van der Waals surface area contributed by atoms with Crippen LogP contribution in [0.4, 0.5) is 4.39 Å². The third kappa shape index (κ3) is 4.71. The molecule has 2 N–H and O–H groups in total. The summed E-state index contributed by atoms with van der Waals surface area (Å²) in [7, 11) is 0. The van der Waals surface area contributed by atoms with Crippen molar-refractivity contribution in [1.29, 1.82) is 0 Å². The Morgan fingerprint density at radius 3 is 2.26 bits per heavy atom. The third-order valence-electron chi connectivity index (χ3n) is 3.51. The van der Waals surface area contributed by atoms with E-state index >= 15 is 0 Å². The maximum absolute atomic E-state index is 13.6. The number of alkyl halides is 1. The molecule has 0 aromatic carbocycles. The minimum absolute atomic E-state index is 0.235. The molecule has 1 saturated heterocycles. The van der Waals surface area contributed by atoms with Crippen LogP contribution >= 0.6 is 0 Å². The van der Waals surface area contributed by atoms with Gasteiger partial charge in [0.05, 0.1) is 0 Å². The number of hydrogen-bond donors (Lipinski definition) is 1. The van der Waals surface area contributed by atoms with E-state index < -0.39 is 5.67 Å². The summed E-state index contributed by atoms with van der Waals surface area (Å²) in [6.07, 6.45) is 5.30. The molecule has 0 unspecified atom stereocenters. The van der Waals surface area contributed by atoms with Gasteiger partial charge in [-0.2, -0.15) is 0 Å². The first-order valence-electron chi connectivity index (χ1n) is 6.85. The molecule has 0 spiro atoms. The first-order valence-corrected chi connectivity index (χ1v) is 6.85. The maximum atomic E-state index is 13.6. The summed E-state index contributed by atoms with van der Waals surface area (Å²) < 4.78 is 13.6. The standard InChI is InChI=1S/C15H26FN3/c1-5-13(7-8-14(17)15(3,4)16)19-11-9-18(6-2)10-12-19/h5,7-8H,1,6,9-12,17H2,2-4H3/b13-7+,14-8-. The molecule has 1 fully saturated rings. The Kier molecular flexibility index (Phi) is 5.60. The molecule has 4 heteroatoms. The van der Waals surface area contributed by atoms with Gasteiger partial charge in [0, 0.05) is 37.6 Å². The van der Waals surface area contributed by atoms with Crippen LogP contribution in [0.15, 0.2) is 36.2 Å². The molecule has 108 valence electrons. The van der Waals surface area contributed by atoms with Crippen molar-refractivity contribution in [2.24, 2.45) is 5.73 Å². The van der Waals surface area contributed by atoms with Crippen LogP contribution in [0.25, 0.3) is 0 Å². The van der Waals surface area contributed by atoms with Gasteiger partial charge in [-0.15, -0.1) is 0 Å². The molecule has 1 aliphatic heterocycles. The molecule has 0 aromatic heterocycles. The summed E-state index contributed by atoms with van der Waals surface area (Å²) >= 11 is 0. The lowest BCUT2D eigenvalue weighted by Crippen LogP contribution is -2.45. The van der Waals surface area contributed by atoms with E-state index in [0.29, 0.717) is 0 Å². The monoisotopic (exact) mass is 267 g/mol. The normalized spacial score (nSPS) is 19.7. The van der Waals surface area contributed by atoms with Crippen LogP contribution in [0.2, 0.25) is 0 Å². The van der Waals surface area contributed by atoms with Gasteiger partial charge in [-0.05, 0) is 38.6 Å². The second kappa shape index (κ2) is 6.75. The number of rotatable bonds is 5. The van der Waals surface area contributed by atoms with E-state index in [4.69, 9.17) is 5.73 Å². The van der Waals surface area contributed by atoms with Crippen molar-refractivity contribution in [2.45, 2.75) is 26.4 Å². The Labute approximate surface area is 116 Å². The third-order valence-corrected chi connectivity index (χ3v) is 3.51. The SMILES string of the molecule is C=C/C(=C\C=C(/N)C(C)(C)F)N1CCN(CC)CC1. The van der Waals surface area contributed by atoms with Crippen molar-refractivity contribution in [3.8, 4) is 0 Å². The number of nitrogens with zero attached hydrogens (tertiary/aromatic N) is 2. The van der Waals surface area contributed by atoms with Crippen LogP contribution in [0.3, 0.4) is 0 Å². The first-order chi connectivity index (χ1) is 8.88. The van der Waals surface area contributed by atoms with Gasteiger partial charge in [-0.1, -0.05) is 13.5 Å². The summed E-state index contributed by atoms with van der Waals surface area (Å²) in [5.74, 6) is 0. The predicted octanol–water partition coefficient (Wildman–Crippen LogP) is 2.28. The number of piperazine rings is 1. The zero-order valence-electron chi connectivity index (χ0n) is 12.3. The number of likely N-dealkylation sites (N-methyl/N-ethyl adjacent to an activating group) is 1. The predicted molar refractivity (Wildman–Crippen MR) is 79.4 cm³/mol. The van der Waals surface area contributed by atoms with E-state index in [2.05, 4.69) is 23.3 Å². The fourth-order valence-corrected chi connectivity index (χ4v) is 2.00. The fraction of sp³-hybridized carbons (Fsp3) is 0.600. The lowest BCUT2D eigenvalue weighted by Gasteiger charge is -2.36. The van der Waals surface area contributed by atoms with E-state index in [1.165, 1.54) is 13.8 Å². The first kappa shape index (κ1) is 15.8. The van der Waals surface area contributed by atoms with Crippen LogP contribution in [-0.4, -0.2) is 48.2 Å². The van der Waals surface area contributed by atoms with Crippen molar-refractivity contribution >= 4 is 0 Å². The number of halogens is 1. The van der Waals surface area contributed by atoms with Gasteiger partial charge >= 0.3 is 0 Å². The lowest BCUT2D eigenvalue weighted by atomic mass is 10.1. The molecule has 0 aromatic rings. The van der Waals surface area contributed by atoms with Crippen molar-refractivity contribution in [1.82, 2.24) is 9.80 Å². The van der Waals surface area contributed by atoms with Gasteiger partial charge in [-0.3, -0.25) is 0 Å². The highest BCUT2D eigenvalue weighted by molar-refractivity contribution is 5.26. The summed E-state index contributed by atoms with van der Waals surface area (Å²) in [5, 5.41) is 0. The Morgan fingerprint density at radius 2 is 1.84 bits per heavy atom. The Hall–Kier alpha value is -1.29. The molecular weight excluding hydrogens is 241 g/mol. The molecule has 0 amide bonds. The fourth-order valence-electron chi connectivity index (χ4n) is 2.00. The molecule has 19 heavy (non-hydrogen) atoms. The van der Waals surface area contributed by atoms with E-state index in [0.717, 1.165) is 38.4 Å². The molecule has 0 atom stereocenters. The van der Waals surface area contributed by atoms with Crippen molar-refractivity contribution in [2.75, 3.05) is 32.7 Å². The zero-order valence-corrected chi connectivity index (χ0v) is 12.3. The Balaban J connectivity index is 2.71. The Bertz CT molecular complexity index is 358. The quantitative estimate of drug-likeness (QED) is 0.776. The van der Waals surface area contributed by atoms with E-state index in [-0.39, 0.29) is 5.70 Å². The van der Waals surface area contributed by atoms with Gasteiger partial charge in [0.25, 0.3) is 0 Å². The van der Waals surface area contributed by atoms with E-state index in [9.17, 15) is 4.39 Å². The highest BCUT2D eigenvalue weighted by Crippen LogP contribution is 2.17. The van der Waals surface area contributed by atoms with Crippen molar-refractivity contribution in [3.05, 3.63) is 36.2 Å². The molecule has 1 heterocycles. The highest BCUT2D eigenvalue weighted by Gasteiger charge is 2.19. The Morgan fingerprint density at radius 1 is 1.26 bits per heavy atom. The van der Waals surface area contributed by atoms with Crippen molar-refractivity contribution in [3.63, 3.8) is 0 Å². The van der Waals surface area contributed by atoms with Crippen LogP contribution < -0.4 is 5.73 Å². The summed E-state index contributed by atoms with van der Waals surface area (Å²) in [5.41, 5.74) is 5.46. The average Bonchev–Trinajstić information content (AvgIpc) is 2.38. The molecule has 0 aliphatic carbocycles. The molecule has 1 aliphatic rings. The van der Waals surface area contributed by atoms with Gasteiger partial charge in [0.2, 0.25) is 0 Å². The molecule has 0 bridgehead atoms. The van der Waals surface area contributed by atoms with Gasteiger partial charge in [0.15, 0.2) is 0 Å². The maximum Gasteiger partial charge on any atom is 0.144 e. The number of nitrogens with two attached hydrogens (primary N) is 1. The average molecular weight is 267 g/mol. The van der Waals surface area contributed by atoms with Crippen molar-refractivity contribution < 1.29 is 4.39 Å². The van der Waals surface area contributed by atoms with E-state index in [1.54, 1.807) is 12.2 Å². The highest BCUT2D eigenvalue weighted by atomic mass is 19.1. The van der Waals surface area contributed by atoms with Gasteiger partial charge < -0.3 is 15.5 Å². The van der Waals surface area contributed by atoms with Gasteiger partial charge in [0.1, 0.15) is 5.67 Å². The smallest absolute Gasteiger partial charge is 0.144 e. The largest absolute Gasteiger partial charge is 0.399 e. The molecule has 1 rings (SSSR count). The molecular formula is C15H26FN3. The summed E-state index contributed by atoms with van der Waals surface area (Å²) in [6, 6.07) is 0. The van der Waals surface area contributed by atoms with Crippen LogP contribution in [0.1, 0.15) is 20.8 Å². The minimum atomic E-state index is -1.48. The van der Waals surface area contributed by atoms with Crippen LogP contribution in [0.5, 0.6) is 0 Å². The molecule has 0 radical (unpaired) electrons. The molecule has 3 nitrogen and oxygen atoms in total. The summed E-state index contributed by atoms with van der Waals surface area (Å²) in [6.45, 7) is 14.0. The lowest BCUT2D eigenvalue weighted by molar-refractivity contribution is 0.168. The van der Waals surface area contributed by atoms with Crippen LogP contribution in [0, 0.1) is 0 Å². The minimum Gasteiger partial charge on any atom is -0.399 e. The number of allylic oxidation sites excluding steroid dienone is 4.